The Bertz CT molecular complexity index is 1310. The highest BCUT2D eigenvalue weighted by Crippen LogP contribution is 2.28. The van der Waals surface area contributed by atoms with Gasteiger partial charge in [0.1, 0.15) is 17.9 Å². The minimum absolute atomic E-state index is 0.134. The number of aromatic hydroxyl groups is 1. The predicted molar refractivity (Wildman–Crippen MR) is 136 cm³/mol. The van der Waals surface area contributed by atoms with Gasteiger partial charge in [0.2, 0.25) is 5.95 Å². The molecule has 1 N–H and O–H groups in total. The summed E-state index contributed by atoms with van der Waals surface area (Å²) in [4.78, 5) is 36.6. The molecule has 1 fully saturated rings. The fraction of sp³-hybridized carbons (Fsp3) is 0.320. The average molecular weight is 473 g/mol. The summed E-state index contributed by atoms with van der Waals surface area (Å²) in [5, 5.41) is 9.58. The summed E-state index contributed by atoms with van der Waals surface area (Å²) in [5.41, 5.74) is 3.41. The van der Waals surface area contributed by atoms with E-state index >= 15 is 0 Å². The van der Waals surface area contributed by atoms with Crippen LogP contribution in [0.1, 0.15) is 13.3 Å². The molecular formula is C25H28N8O2. The largest absolute Gasteiger partial charge is 0.508 e. The second kappa shape index (κ2) is 9.57. The van der Waals surface area contributed by atoms with Crippen LogP contribution in [0.3, 0.4) is 0 Å². The zero-order chi connectivity index (χ0) is 24.4. The van der Waals surface area contributed by atoms with Crippen LogP contribution in [0.5, 0.6) is 5.75 Å². The van der Waals surface area contributed by atoms with Crippen molar-refractivity contribution in [1.82, 2.24) is 24.5 Å². The summed E-state index contributed by atoms with van der Waals surface area (Å²) in [6.07, 6.45) is 5.68. The van der Waals surface area contributed by atoms with Gasteiger partial charge >= 0.3 is 0 Å². The van der Waals surface area contributed by atoms with Crippen molar-refractivity contribution in [3.8, 4) is 11.4 Å². The summed E-state index contributed by atoms with van der Waals surface area (Å²) in [6.45, 7) is 5.29. The second-order valence-corrected chi connectivity index (χ2v) is 8.70. The molecule has 35 heavy (non-hydrogen) atoms. The number of nitrogens with zero attached hydrogens (tertiary/aromatic N) is 8. The first-order valence-corrected chi connectivity index (χ1v) is 11.6. The van der Waals surface area contributed by atoms with Crippen LogP contribution < -0.4 is 14.7 Å². The SMILES string of the molecule is CC(=O)CCN(C)c1nc(N2CCN(c3ccc(O)cc3)CC2)nc2c1ncn2-c1ccncc1. The molecule has 1 aliphatic rings. The lowest BCUT2D eigenvalue weighted by Gasteiger charge is -2.36. The number of aromatic nitrogens is 5. The van der Waals surface area contributed by atoms with Crippen molar-refractivity contribution >= 4 is 34.4 Å². The number of hydrogen-bond acceptors (Lipinski definition) is 9. The molecule has 5 rings (SSSR count). The number of benzene rings is 1. The van der Waals surface area contributed by atoms with Crippen LogP contribution in [-0.2, 0) is 4.79 Å². The molecule has 1 saturated heterocycles. The van der Waals surface area contributed by atoms with Crippen LogP contribution in [0.2, 0.25) is 0 Å². The molecule has 0 atom stereocenters. The summed E-state index contributed by atoms with van der Waals surface area (Å²) in [6, 6.07) is 11.1. The first-order valence-electron chi connectivity index (χ1n) is 11.6. The van der Waals surface area contributed by atoms with Crippen LogP contribution >= 0.6 is 0 Å². The Balaban J connectivity index is 1.47. The Labute approximate surface area is 203 Å². The molecule has 0 aliphatic carbocycles. The van der Waals surface area contributed by atoms with E-state index in [9.17, 15) is 9.90 Å². The van der Waals surface area contributed by atoms with Crippen molar-refractivity contribution in [3.63, 3.8) is 0 Å². The molecule has 180 valence electrons. The van der Waals surface area contributed by atoms with E-state index in [0.717, 1.165) is 37.6 Å². The maximum Gasteiger partial charge on any atom is 0.229 e. The molecule has 10 nitrogen and oxygen atoms in total. The molecule has 3 aromatic heterocycles. The third-order valence-electron chi connectivity index (χ3n) is 6.25. The lowest BCUT2D eigenvalue weighted by Crippen LogP contribution is -2.47. The molecule has 1 aliphatic heterocycles. The standard InChI is InChI=1S/C25H28N8O2/c1-18(34)9-12-30(2)23-22-24(33(17-27-22)20-7-10-26-11-8-20)29-25(28-23)32-15-13-31(14-16-32)19-3-5-21(35)6-4-19/h3-8,10-11,17,35H,9,12-16H2,1-2H3. The Morgan fingerprint density at radius 3 is 2.34 bits per heavy atom. The normalized spacial score (nSPS) is 13.9. The van der Waals surface area contributed by atoms with Crippen molar-refractivity contribution in [2.75, 3.05) is 54.5 Å². The molecule has 0 saturated carbocycles. The van der Waals surface area contributed by atoms with Gasteiger partial charge in [-0.15, -0.1) is 0 Å². The van der Waals surface area contributed by atoms with Crippen LogP contribution in [0.4, 0.5) is 17.5 Å². The number of fused-ring (bicyclic) bond motifs is 1. The molecule has 10 heteroatoms. The molecule has 0 amide bonds. The van der Waals surface area contributed by atoms with E-state index in [1.165, 1.54) is 0 Å². The van der Waals surface area contributed by atoms with Crippen LogP contribution in [-0.4, -0.2) is 75.2 Å². The van der Waals surface area contributed by atoms with Crippen LogP contribution in [0.25, 0.3) is 16.9 Å². The molecule has 4 heterocycles. The summed E-state index contributed by atoms with van der Waals surface area (Å²) in [7, 11) is 1.93. The fourth-order valence-corrected chi connectivity index (χ4v) is 4.23. The molecule has 0 spiro atoms. The topological polar surface area (TPSA) is 104 Å². The van der Waals surface area contributed by atoms with E-state index in [1.807, 2.05) is 40.8 Å². The number of Topliss-reactive ketones (excluding diaryl/α,β-unsaturated/α-hetero) is 1. The maximum absolute atomic E-state index is 11.6. The lowest BCUT2D eigenvalue weighted by molar-refractivity contribution is -0.116. The van der Waals surface area contributed by atoms with E-state index in [2.05, 4.69) is 19.8 Å². The van der Waals surface area contributed by atoms with E-state index in [1.54, 1.807) is 37.8 Å². The van der Waals surface area contributed by atoms with Gasteiger partial charge in [-0.2, -0.15) is 9.97 Å². The minimum atomic E-state index is 0.134. The average Bonchev–Trinajstić information content (AvgIpc) is 3.32. The van der Waals surface area contributed by atoms with Crippen molar-refractivity contribution in [2.45, 2.75) is 13.3 Å². The summed E-state index contributed by atoms with van der Waals surface area (Å²) >= 11 is 0. The minimum Gasteiger partial charge on any atom is -0.508 e. The number of anilines is 3. The van der Waals surface area contributed by atoms with Gasteiger partial charge in [-0.1, -0.05) is 0 Å². The van der Waals surface area contributed by atoms with E-state index in [-0.39, 0.29) is 11.5 Å². The molecular weight excluding hydrogens is 444 g/mol. The van der Waals surface area contributed by atoms with E-state index < -0.39 is 0 Å². The highest BCUT2D eigenvalue weighted by molar-refractivity contribution is 5.86. The third kappa shape index (κ3) is 4.72. The maximum atomic E-state index is 11.6. The number of rotatable bonds is 7. The van der Waals surface area contributed by atoms with E-state index in [4.69, 9.17) is 9.97 Å². The monoisotopic (exact) mass is 472 g/mol. The number of phenolic OH excluding ortho intramolecular Hbond substituents is 1. The van der Waals surface area contributed by atoms with Gasteiger partial charge in [0.15, 0.2) is 17.0 Å². The summed E-state index contributed by atoms with van der Waals surface area (Å²) < 4.78 is 1.94. The number of ketones is 1. The number of carbonyl (C=O) groups excluding carboxylic acids is 1. The molecule has 1 aromatic carbocycles. The Morgan fingerprint density at radius 1 is 0.971 bits per heavy atom. The second-order valence-electron chi connectivity index (χ2n) is 8.70. The lowest BCUT2D eigenvalue weighted by atomic mass is 10.2. The van der Waals surface area contributed by atoms with Crippen molar-refractivity contribution in [1.29, 1.82) is 0 Å². The highest BCUT2D eigenvalue weighted by atomic mass is 16.3. The van der Waals surface area contributed by atoms with E-state index in [0.29, 0.717) is 35.9 Å². The zero-order valence-corrected chi connectivity index (χ0v) is 19.9. The quantitative estimate of drug-likeness (QED) is 0.435. The first-order chi connectivity index (χ1) is 17.0. The fourth-order valence-electron chi connectivity index (χ4n) is 4.23. The van der Waals surface area contributed by atoms with Gasteiger partial charge in [0, 0.05) is 64.3 Å². The molecule has 0 bridgehead atoms. The number of phenols is 1. The van der Waals surface area contributed by atoms with Crippen LogP contribution in [0, 0.1) is 0 Å². The van der Waals surface area contributed by atoms with Gasteiger partial charge in [0.05, 0.1) is 5.69 Å². The van der Waals surface area contributed by atoms with Crippen LogP contribution in [0.15, 0.2) is 55.1 Å². The molecule has 0 unspecified atom stereocenters. The molecule has 0 radical (unpaired) electrons. The van der Waals surface area contributed by atoms with Crippen molar-refractivity contribution in [2.24, 2.45) is 0 Å². The number of imidazole rings is 1. The smallest absolute Gasteiger partial charge is 0.229 e. The number of hydrogen-bond donors (Lipinski definition) is 1. The molecule has 4 aromatic rings. The third-order valence-corrected chi connectivity index (χ3v) is 6.25. The van der Waals surface area contributed by atoms with Gasteiger partial charge in [-0.05, 0) is 43.3 Å². The predicted octanol–water partition coefficient (Wildman–Crippen LogP) is 2.66. The number of pyridine rings is 1. The number of carbonyl (C=O) groups is 1. The van der Waals surface area contributed by atoms with Crippen molar-refractivity contribution in [3.05, 3.63) is 55.1 Å². The highest BCUT2D eigenvalue weighted by Gasteiger charge is 2.23. The van der Waals surface area contributed by atoms with Gasteiger partial charge in [-0.3, -0.25) is 14.3 Å². The Morgan fingerprint density at radius 2 is 1.66 bits per heavy atom. The Hall–Kier alpha value is -4.21. The zero-order valence-electron chi connectivity index (χ0n) is 19.9. The van der Waals surface area contributed by atoms with Gasteiger partial charge < -0.3 is 19.8 Å². The van der Waals surface area contributed by atoms with Crippen molar-refractivity contribution < 1.29 is 9.90 Å². The summed E-state index contributed by atoms with van der Waals surface area (Å²) in [5.74, 6) is 1.75. The number of piperazine rings is 1. The van der Waals surface area contributed by atoms with Gasteiger partial charge in [0.25, 0.3) is 0 Å². The Kier molecular flexibility index (Phi) is 6.17. The first kappa shape index (κ1) is 22.6. The van der Waals surface area contributed by atoms with Gasteiger partial charge in [-0.25, -0.2) is 4.98 Å².